The molecule has 0 radical (unpaired) electrons. The first kappa shape index (κ1) is 12.2. The molecule has 0 fully saturated rings. The van der Waals surface area contributed by atoms with Crippen LogP contribution in [-0.2, 0) is 0 Å². The zero-order valence-corrected chi connectivity index (χ0v) is 12.2. The highest BCUT2D eigenvalue weighted by atomic mass is 35.5. The predicted octanol–water partition coefficient (Wildman–Crippen LogP) is 4.75. The Bertz CT molecular complexity index is 714. The van der Waals surface area contributed by atoms with Crippen LogP contribution in [0, 0.1) is 0 Å². The molecule has 0 saturated heterocycles. The molecule has 3 rings (SSSR count). The van der Waals surface area contributed by atoms with E-state index in [-0.39, 0.29) is 5.12 Å². The fourth-order valence-corrected chi connectivity index (χ4v) is 4.04. The molecule has 0 aliphatic rings. The summed E-state index contributed by atoms with van der Waals surface area (Å²) in [4.78, 5) is 16.5. The third kappa shape index (κ3) is 2.07. The van der Waals surface area contributed by atoms with Gasteiger partial charge in [-0.1, -0.05) is 36.4 Å². The van der Waals surface area contributed by atoms with Gasteiger partial charge in [-0.3, -0.25) is 4.79 Å². The molecular formula is C12H6ClNOS3. The molecule has 0 aliphatic carbocycles. The van der Waals surface area contributed by atoms with E-state index in [2.05, 4.69) is 17.6 Å². The molecule has 0 bridgehead atoms. The lowest BCUT2D eigenvalue weighted by atomic mass is 10.3. The molecule has 0 N–H and O–H groups in total. The van der Waals surface area contributed by atoms with Gasteiger partial charge in [-0.25, -0.2) is 4.98 Å². The van der Waals surface area contributed by atoms with E-state index in [1.165, 1.54) is 11.3 Å². The fourth-order valence-electron chi connectivity index (χ4n) is 1.67. The lowest BCUT2D eigenvalue weighted by Gasteiger charge is -1.93. The molecule has 6 heteroatoms. The van der Waals surface area contributed by atoms with Crippen molar-refractivity contribution in [3.05, 3.63) is 39.5 Å². The number of fused-ring (bicyclic) bond motifs is 1. The Morgan fingerprint density at radius 2 is 2.06 bits per heavy atom. The van der Waals surface area contributed by atoms with Crippen LogP contribution in [0.4, 0.5) is 0 Å². The van der Waals surface area contributed by atoms with Crippen LogP contribution in [0.2, 0.25) is 4.34 Å². The van der Waals surface area contributed by atoms with Crippen LogP contribution in [0.3, 0.4) is 0 Å². The number of para-hydroxylation sites is 1. The second kappa shape index (κ2) is 4.66. The van der Waals surface area contributed by atoms with Crippen LogP contribution < -0.4 is 0 Å². The van der Waals surface area contributed by atoms with Gasteiger partial charge in [-0.05, 0) is 18.2 Å². The van der Waals surface area contributed by atoms with Gasteiger partial charge in [0.05, 0.1) is 19.4 Å². The topological polar surface area (TPSA) is 30.0 Å². The summed E-state index contributed by atoms with van der Waals surface area (Å²) in [5.41, 5.74) is 1.70. The first-order valence-corrected chi connectivity index (χ1v) is 7.49. The Kier molecular flexibility index (Phi) is 3.15. The van der Waals surface area contributed by atoms with Crippen molar-refractivity contribution in [3.63, 3.8) is 0 Å². The second-order valence-corrected chi connectivity index (χ2v) is 6.71. The number of thiophene rings is 1. The number of carbonyl (C=O) groups excluding carboxylic acids is 1. The van der Waals surface area contributed by atoms with E-state index in [4.69, 9.17) is 11.6 Å². The Labute approximate surface area is 122 Å². The quantitative estimate of drug-likeness (QED) is 0.692. The minimum Gasteiger partial charge on any atom is -0.281 e. The van der Waals surface area contributed by atoms with Crippen molar-refractivity contribution in [1.29, 1.82) is 0 Å². The van der Waals surface area contributed by atoms with Gasteiger partial charge in [0.15, 0.2) is 0 Å². The monoisotopic (exact) mass is 311 g/mol. The maximum Gasteiger partial charge on any atom is 0.227 e. The largest absolute Gasteiger partial charge is 0.281 e. The summed E-state index contributed by atoms with van der Waals surface area (Å²) in [7, 11) is 0. The van der Waals surface area contributed by atoms with E-state index in [9.17, 15) is 4.79 Å². The zero-order chi connectivity index (χ0) is 12.7. The minimum atomic E-state index is -0.277. The van der Waals surface area contributed by atoms with Gasteiger partial charge in [-0.15, -0.1) is 22.7 Å². The lowest BCUT2D eigenvalue weighted by Crippen LogP contribution is -1.86. The van der Waals surface area contributed by atoms with Crippen molar-refractivity contribution < 1.29 is 4.79 Å². The normalized spacial score (nSPS) is 11.0. The van der Waals surface area contributed by atoms with Crippen molar-refractivity contribution in [2.75, 3.05) is 0 Å². The summed E-state index contributed by atoms with van der Waals surface area (Å²) in [6.07, 6.45) is 0. The van der Waals surface area contributed by atoms with Gasteiger partial charge in [0, 0.05) is 5.56 Å². The highest BCUT2D eigenvalue weighted by Gasteiger charge is 2.17. The van der Waals surface area contributed by atoms with Crippen molar-refractivity contribution in [1.82, 2.24) is 4.98 Å². The van der Waals surface area contributed by atoms with E-state index >= 15 is 0 Å². The molecule has 90 valence electrons. The van der Waals surface area contributed by atoms with E-state index in [0.717, 1.165) is 20.8 Å². The highest BCUT2D eigenvalue weighted by molar-refractivity contribution is 7.97. The predicted molar refractivity (Wildman–Crippen MR) is 81.3 cm³/mol. The van der Waals surface area contributed by atoms with Gasteiger partial charge in [-0.2, -0.15) is 0 Å². The van der Waals surface area contributed by atoms with Crippen LogP contribution in [0.15, 0.2) is 30.3 Å². The third-order valence-electron chi connectivity index (χ3n) is 2.42. The van der Waals surface area contributed by atoms with E-state index in [1.807, 2.05) is 24.3 Å². The molecule has 2 nitrogen and oxygen atoms in total. The standard InChI is InChI=1S/C12H6ClNOS3/c13-9-5-6(10(18-9)12(15)16)11-14-7-3-1-2-4-8(7)17-11/h1-5H,(H,15,16). The number of carbonyl (C=O) groups is 1. The van der Waals surface area contributed by atoms with Crippen LogP contribution in [0.25, 0.3) is 20.8 Å². The van der Waals surface area contributed by atoms with Crippen molar-refractivity contribution in [2.45, 2.75) is 0 Å². The van der Waals surface area contributed by atoms with Crippen LogP contribution in [0.5, 0.6) is 0 Å². The molecule has 0 spiro atoms. The Balaban J connectivity index is 2.22. The first-order valence-electron chi connectivity index (χ1n) is 5.04. The summed E-state index contributed by atoms with van der Waals surface area (Å²) < 4.78 is 1.66. The number of rotatable bonds is 2. The van der Waals surface area contributed by atoms with Gasteiger partial charge in [0.2, 0.25) is 5.12 Å². The number of thiazole rings is 1. The summed E-state index contributed by atoms with van der Waals surface area (Å²) in [5.74, 6) is 0. The van der Waals surface area contributed by atoms with Crippen LogP contribution in [-0.4, -0.2) is 10.1 Å². The highest BCUT2D eigenvalue weighted by Crippen LogP contribution is 2.38. The van der Waals surface area contributed by atoms with E-state index in [0.29, 0.717) is 9.21 Å². The molecule has 1 aromatic carbocycles. The summed E-state index contributed by atoms with van der Waals surface area (Å²) in [6.45, 7) is 0. The second-order valence-electron chi connectivity index (χ2n) is 3.59. The number of hydrogen-bond donors (Lipinski definition) is 1. The molecule has 18 heavy (non-hydrogen) atoms. The average Bonchev–Trinajstić information content (AvgIpc) is 2.91. The van der Waals surface area contributed by atoms with Gasteiger partial charge in [0.25, 0.3) is 0 Å². The molecular weight excluding hydrogens is 306 g/mol. The number of nitrogens with zero attached hydrogens (tertiary/aromatic N) is 1. The molecule has 2 heterocycles. The number of thiol groups is 1. The van der Waals surface area contributed by atoms with Crippen molar-refractivity contribution in [2.24, 2.45) is 0 Å². The Hall–Kier alpha value is -0.880. The van der Waals surface area contributed by atoms with Gasteiger partial charge in [0.1, 0.15) is 5.01 Å². The van der Waals surface area contributed by atoms with Crippen LogP contribution in [0.1, 0.15) is 9.67 Å². The average molecular weight is 312 g/mol. The molecule has 3 aromatic rings. The molecule has 2 aromatic heterocycles. The Morgan fingerprint density at radius 1 is 1.28 bits per heavy atom. The summed E-state index contributed by atoms with van der Waals surface area (Å²) >= 11 is 12.6. The number of aromatic nitrogens is 1. The lowest BCUT2D eigenvalue weighted by molar-refractivity contribution is 0.109. The van der Waals surface area contributed by atoms with Gasteiger partial charge >= 0.3 is 0 Å². The Morgan fingerprint density at radius 3 is 2.78 bits per heavy atom. The summed E-state index contributed by atoms with van der Waals surface area (Å²) in [5, 5.41) is 0.526. The summed E-state index contributed by atoms with van der Waals surface area (Å²) in [6, 6.07) is 9.64. The fraction of sp³-hybridized carbons (Fsp3) is 0. The maximum atomic E-state index is 11.5. The molecule has 0 amide bonds. The van der Waals surface area contributed by atoms with Gasteiger partial charge < -0.3 is 0 Å². The number of hydrogen-bond acceptors (Lipinski definition) is 4. The van der Waals surface area contributed by atoms with Crippen molar-refractivity contribution >= 4 is 62.2 Å². The smallest absolute Gasteiger partial charge is 0.227 e. The SMILES string of the molecule is O=C(S)c1sc(Cl)cc1-c1nc2ccccc2s1. The maximum absolute atomic E-state index is 11.5. The minimum absolute atomic E-state index is 0.277. The first-order chi connectivity index (χ1) is 8.65. The zero-order valence-electron chi connectivity index (χ0n) is 8.88. The van der Waals surface area contributed by atoms with E-state index < -0.39 is 0 Å². The molecule has 0 aliphatic heterocycles. The third-order valence-corrected chi connectivity index (χ3v) is 5.13. The number of benzene rings is 1. The number of halogens is 1. The molecule has 0 unspecified atom stereocenters. The van der Waals surface area contributed by atoms with Crippen molar-refractivity contribution in [3.8, 4) is 10.6 Å². The molecule has 0 atom stereocenters. The molecule has 0 saturated carbocycles. The van der Waals surface area contributed by atoms with Crippen LogP contribution >= 0.6 is 46.9 Å². The van der Waals surface area contributed by atoms with E-state index in [1.54, 1.807) is 17.4 Å².